The van der Waals surface area contributed by atoms with Gasteiger partial charge in [-0.1, -0.05) is 24.3 Å². The minimum atomic E-state index is -0.587. The van der Waals surface area contributed by atoms with Crippen molar-refractivity contribution < 1.29 is 28.6 Å². The van der Waals surface area contributed by atoms with Crippen molar-refractivity contribution in [1.82, 2.24) is 5.32 Å². The molecule has 0 aliphatic carbocycles. The van der Waals surface area contributed by atoms with Crippen LogP contribution >= 0.6 is 0 Å². The highest BCUT2D eigenvalue weighted by atomic mass is 16.5. The third-order valence-electron chi connectivity index (χ3n) is 5.10. The van der Waals surface area contributed by atoms with E-state index in [1.165, 1.54) is 0 Å². The molecule has 1 aliphatic rings. The number of methoxy groups -OCH3 is 1. The van der Waals surface area contributed by atoms with E-state index in [4.69, 9.17) is 14.2 Å². The molecule has 1 N–H and O–H groups in total. The van der Waals surface area contributed by atoms with Crippen molar-refractivity contribution in [3.8, 4) is 11.5 Å². The predicted octanol–water partition coefficient (Wildman–Crippen LogP) is 3.01. The zero-order valence-electron chi connectivity index (χ0n) is 18.3. The van der Waals surface area contributed by atoms with Gasteiger partial charge in [0.15, 0.2) is 0 Å². The number of hydrogen-bond acceptors (Lipinski definition) is 6. The molecule has 8 nitrogen and oxygen atoms in total. The van der Waals surface area contributed by atoms with Crippen LogP contribution in [0.5, 0.6) is 11.5 Å². The number of nitrogens with one attached hydrogen (secondary N) is 1. The number of ether oxygens (including phenoxy) is 3. The van der Waals surface area contributed by atoms with E-state index in [-0.39, 0.29) is 37.7 Å². The molecule has 2 aromatic carbocycles. The maximum absolute atomic E-state index is 12.8. The van der Waals surface area contributed by atoms with Gasteiger partial charge in [0.1, 0.15) is 18.1 Å². The van der Waals surface area contributed by atoms with Crippen molar-refractivity contribution in [2.75, 3.05) is 31.8 Å². The van der Waals surface area contributed by atoms with Crippen LogP contribution in [0.1, 0.15) is 37.8 Å². The summed E-state index contributed by atoms with van der Waals surface area (Å²) < 4.78 is 15.9. The largest absolute Gasteiger partial charge is 0.497 e. The summed E-state index contributed by atoms with van der Waals surface area (Å²) in [4.78, 5) is 39.1. The third kappa shape index (κ3) is 6.00. The van der Waals surface area contributed by atoms with Crippen molar-refractivity contribution in [2.24, 2.45) is 0 Å². The lowest BCUT2D eigenvalue weighted by Gasteiger charge is -2.29. The lowest BCUT2D eigenvalue weighted by Crippen LogP contribution is -2.38. The Hall–Kier alpha value is -3.55. The summed E-state index contributed by atoms with van der Waals surface area (Å²) in [6.45, 7) is 2.83. The van der Waals surface area contributed by atoms with E-state index >= 15 is 0 Å². The summed E-state index contributed by atoms with van der Waals surface area (Å²) >= 11 is 0. The van der Waals surface area contributed by atoms with Crippen LogP contribution < -0.4 is 19.7 Å². The molecule has 1 unspecified atom stereocenters. The lowest BCUT2D eigenvalue weighted by molar-refractivity contribution is -0.144. The topological polar surface area (TPSA) is 94.2 Å². The van der Waals surface area contributed by atoms with Crippen LogP contribution in [0.2, 0.25) is 0 Å². The van der Waals surface area contributed by atoms with Crippen LogP contribution in [0.25, 0.3) is 0 Å². The number of carbonyl (C=O) groups excluding carboxylic acids is 3. The Kier molecular flexibility index (Phi) is 8.08. The lowest BCUT2D eigenvalue weighted by atomic mass is 10.0. The molecule has 1 aliphatic heterocycles. The van der Waals surface area contributed by atoms with Crippen molar-refractivity contribution >= 4 is 23.5 Å². The molecule has 32 heavy (non-hydrogen) atoms. The van der Waals surface area contributed by atoms with E-state index in [2.05, 4.69) is 5.32 Å². The van der Waals surface area contributed by atoms with Crippen LogP contribution in [0, 0.1) is 0 Å². The van der Waals surface area contributed by atoms with E-state index in [1.54, 1.807) is 37.1 Å². The molecule has 1 atom stereocenters. The Morgan fingerprint density at radius 2 is 1.94 bits per heavy atom. The Balaban J connectivity index is 1.63. The monoisotopic (exact) mass is 440 g/mol. The third-order valence-corrected chi connectivity index (χ3v) is 5.10. The Morgan fingerprint density at radius 3 is 2.72 bits per heavy atom. The number of anilines is 1. The first kappa shape index (κ1) is 23.1. The molecule has 2 aromatic rings. The van der Waals surface area contributed by atoms with Crippen LogP contribution in [0.15, 0.2) is 48.5 Å². The van der Waals surface area contributed by atoms with E-state index in [9.17, 15) is 14.4 Å². The summed E-state index contributed by atoms with van der Waals surface area (Å²) in [7, 11) is 1.55. The normalized spacial score (nSPS) is 13.4. The van der Waals surface area contributed by atoms with E-state index in [1.807, 2.05) is 30.3 Å². The van der Waals surface area contributed by atoms with E-state index in [0.717, 1.165) is 5.56 Å². The van der Waals surface area contributed by atoms with Gasteiger partial charge < -0.3 is 24.4 Å². The van der Waals surface area contributed by atoms with Gasteiger partial charge in [-0.15, -0.1) is 0 Å². The molecule has 0 saturated heterocycles. The molecule has 0 spiro atoms. The first-order valence-corrected chi connectivity index (χ1v) is 10.6. The Bertz CT molecular complexity index is 961. The molecular formula is C24H28N2O6. The molecule has 2 amide bonds. The Labute approximate surface area is 187 Å². The molecular weight excluding hydrogens is 412 g/mol. The standard InChI is InChI=1S/C24H28N2O6/c1-3-31-24(29)16-19(17-7-6-8-18(15-17)30-2)25-22(27)11-12-23(28)26-13-14-32-21-10-5-4-9-20(21)26/h4-10,15,19H,3,11-14,16H2,1-2H3,(H,25,27). The average Bonchev–Trinajstić information content (AvgIpc) is 2.82. The molecule has 170 valence electrons. The zero-order valence-corrected chi connectivity index (χ0v) is 18.3. The van der Waals surface area contributed by atoms with Gasteiger partial charge in [-0.05, 0) is 36.8 Å². The van der Waals surface area contributed by atoms with Crippen molar-refractivity contribution in [3.63, 3.8) is 0 Å². The molecule has 0 saturated carbocycles. The number of para-hydroxylation sites is 2. The number of fused-ring (bicyclic) bond motifs is 1. The average molecular weight is 440 g/mol. The highest BCUT2D eigenvalue weighted by Gasteiger charge is 2.25. The first-order valence-electron chi connectivity index (χ1n) is 10.6. The molecule has 0 fully saturated rings. The van der Waals surface area contributed by atoms with Crippen LogP contribution in [0.4, 0.5) is 5.69 Å². The summed E-state index contributed by atoms with van der Waals surface area (Å²) in [6.07, 6.45) is 0.0313. The fraction of sp³-hybridized carbons (Fsp3) is 0.375. The molecule has 0 radical (unpaired) electrons. The summed E-state index contributed by atoms with van der Waals surface area (Å²) in [5.41, 5.74) is 1.43. The molecule has 0 aromatic heterocycles. The summed E-state index contributed by atoms with van der Waals surface area (Å²) in [6, 6.07) is 13.9. The van der Waals surface area contributed by atoms with Crippen LogP contribution in [-0.2, 0) is 19.1 Å². The maximum Gasteiger partial charge on any atom is 0.308 e. The second-order valence-corrected chi connectivity index (χ2v) is 7.27. The minimum Gasteiger partial charge on any atom is -0.497 e. The fourth-order valence-electron chi connectivity index (χ4n) is 3.55. The second kappa shape index (κ2) is 11.2. The van der Waals surface area contributed by atoms with Gasteiger partial charge in [-0.25, -0.2) is 0 Å². The number of hydrogen-bond donors (Lipinski definition) is 1. The zero-order chi connectivity index (χ0) is 22.9. The molecule has 3 rings (SSSR count). The minimum absolute atomic E-state index is 0.00164. The highest BCUT2D eigenvalue weighted by Crippen LogP contribution is 2.31. The predicted molar refractivity (Wildman–Crippen MR) is 119 cm³/mol. The number of amides is 2. The number of benzene rings is 2. The molecule has 1 heterocycles. The van der Waals surface area contributed by atoms with Gasteiger partial charge in [0, 0.05) is 12.8 Å². The summed E-state index contributed by atoms with van der Waals surface area (Å²) in [5.74, 6) is 0.383. The van der Waals surface area contributed by atoms with E-state index in [0.29, 0.717) is 30.3 Å². The fourth-order valence-corrected chi connectivity index (χ4v) is 3.55. The smallest absolute Gasteiger partial charge is 0.308 e. The second-order valence-electron chi connectivity index (χ2n) is 7.27. The number of rotatable bonds is 9. The van der Waals surface area contributed by atoms with Crippen LogP contribution in [-0.4, -0.2) is 44.7 Å². The number of carbonyl (C=O) groups is 3. The van der Waals surface area contributed by atoms with Crippen LogP contribution in [0.3, 0.4) is 0 Å². The summed E-state index contributed by atoms with van der Waals surface area (Å²) in [5, 5.41) is 2.86. The van der Waals surface area contributed by atoms with Crippen molar-refractivity contribution in [3.05, 3.63) is 54.1 Å². The maximum atomic E-state index is 12.8. The van der Waals surface area contributed by atoms with Gasteiger partial charge in [-0.3, -0.25) is 14.4 Å². The van der Waals surface area contributed by atoms with Gasteiger partial charge in [0.2, 0.25) is 11.8 Å². The number of esters is 1. The van der Waals surface area contributed by atoms with Crippen molar-refractivity contribution in [1.29, 1.82) is 0 Å². The first-order chi connectivity index (χ1) is 15.5. The van der Waals surface area contributed by atoms with E-state index < -0.39 is 12.0 Å². The quantitative estimate of drug-likeness (QED) is 0.603. The van der Waals surface area contributed by atoms with Gasteiger partial charge in [0.25, 0.3) is 0 Å². The highest BCUT2D eigenvalue weighted by molar-refractivity contribution is 5.97. The molecule has 0 bridgehead atoms. The van der Waals surface area contributed by atoms with Gasteiger partial charge in [-0.2, -0.15) is 0 Å². The van der Waals surface area contributed by atoms with Gasteiger partial charge >= 0.3 is 5.97 Å². The van der Waals surface area contributed by atoms with Crippen molar-refractivity contribution in [2.45, 2.75) is 32.2 Å². The SMILES string of the molecule is CCOC(=O)CC(NC(=O)CCC(=O)N1CCOc2ccccc21)c1cccc(OC)c1. The Morgan fingerprint density at radius 1 is 1.12 bits per heavy atom. The van der Waals surface area contributed by atoms with Gasteiger partial charge in [0.05, 0.1) is 38.4 Å². The molecule has 8 heteroatoms. The number of nitrogens with zero attached hydrogens (tertiary/aromatic N) is 1.